The molecule has 0 aromatic carbocycles. The molecule has 1 N–H and O–H groups in total. The van der Waals surface area contributed by atoms with E-state index in [4.69, 9.17) is 9.47 Å². The van der Waals surface area contributed by atoms with Crippen molar-refractivity contribution in [3.63, 3.8) is 0 Å². The summed E-state index contributed by atoms with van der Waals surface area (Å²) in [6.07, 6.45) is 10.3. The van der Waals surface area contributed by atoms with Gasteiger partial charge in [-0.3, -0.25) is 9.59 Å². The van der Waals surface area contributed by atoms with E-state index in [0.717, 1.165) is 58.0 Å². The Labute approximate surface area is 166 Å². The molecular formula is C23H32O5. The number of esters is 1. The molecule has 5 aliphatic rings. The molecule has 28 heavy (non-hydrogen) atoms. The predicted octanol–water partition coefficient (Wildman–Crippen LogP) is 3.19. The third kappa shape index (κ3) is 2.26. The van der Waals surface area contributed by atoms with E-state index in [-0.39, 0.29) is 46.8 Å². The van der Waals surface area contributed by atoms with Gasteiger partial charge in [-0.2, -0.15) is 0 Å². The molecule has 154 valence electrons. The van der Waals surface area contributed by atoms with Crippen molar-refractivity contribution >= 4 is 11.8 Å². The second-order valence-corrected chi connectivity index (χ2v) is 10.2. The highest BCUT2D eigenvalue weighted by molar-refractivity contribution is 5.84. The summed E-state index contributed by atoms with van der Waals surface area (Å²) < 4.78 is 12.3. The highest BCUT2D eigenvalue weighted by Crippen LogP contribution is 2.72. The molecule has 3 saturated carbocycles. The van der Waals surface area contributed by atoms with Crippen LogP contribution in [0.1, 0.15) is 65.2 Å². The largest absolute Gasteiger partial charge is 0.463 e. The van der Waals surface area contributed by atoms with E-state index >= 15 is 0 Å². The summed E-state index contributed by atoms with van der Waals surface area (Å²) in [5, 5.41) is 9.46. The van der Waals surface area contributed by atoms with Gasteiger partial charge in [-0.05, 0) is 68.8 Å². The normalized spacial score (nSPS) is 48.9. The monoisotopic (exact) mass is 388 g/mol. The molecule has 4 aliphatic carbocycles. The first-order chi connectivity index (χ1) is 13.4. The fourth-order valence-corrected chi connectivity index (χ4v) is 8.11. The van der Waals surface area contributed by atoms with Gasteiger partial charge in [-0.15, -0.1) is 0 Å². The average molecular weight is 389 g/mol. The van der Waals surface area contributed by atoms with Gasteiger partial charge in [0.1, 0.15) is 12.7 Å². The van der Waals surface area contributed by atoms with Crippen molar-refractivity contribution in [2.24, 2.45) is 28.6 Å². The van der Waals surface area contributed by atoms with Gasteiger partial charge in [-0.1, -0.05) is 13.0 Å². The fraction of sp³-hybridized carbons (Fsp3) is 0.826. The van der Waals surface area contributed by atoms with Crippen molar-refractivity contribution in [3.8, 4) is 0 Å². The molecule has 5 rings (SSSR count). The summed E-state index contributed by atoms with van der Waals surface area (Å²) in [6.45, 7) is 4.18. The first-order valence-electron chi connectivity index (χ1n) is 11.0. The number of hydrogen-bond donors (Lipinski definition) is 1. The van der Waals surface area contributed by atoms with Crippen LogP contribution in [0.4, 0.5) is 0 Å². The number of allylic oxidation sites excluding steroid dienone is 1. The Balaban J connectivity index is 1.44. The van der Waals surface area contributed by atoms with Crippen LogP contribution in [-0.4, -0.2) is 41.8 Å². The molecule has 1 aliphatic heterocycles. The minimum atomic E-state index is -0.359. The van der Waals surface area contributed by atoms with Crippen LogP contribution in [-0.2, 0) is 19.1 Å². The number of rotatable bonds is 3. The Morgan fingerprint density at radius 2 is 2.07 bits per heavy atom. The number of aliphatic hydroxyl groups is 1. The number of hydrogen-bond acceptors (Lipinski definition) is 5. The molecule has 0 amide bonds. The van der Waals surface area contributed by atoms with Crippen molar-refractivity contribution in [2.45, 2.75) is 76.9 Å². The Morgan fingerprint density at radius 1 is 1.25 bits per heavy atom. The number of Topliss-reactive ketones (excluding diaryl/α,β-unsaturated/α-hetero) is 1. The van der Waals surface area contributed by atoms with Crippen molar-refractivity contribution in [1.82, 2.24) is 0 Å². The van der Waals surface area contributed by atoms with Gasteiger partial charge in [0.2, 0.25) is 0 Å². The summed E-state index contributed by atoms with van der Waals surface area (Å²) in [6, 6.07) is 0. The molecule has 1 heterocycles. The number of aliphatic hydroxyl groups excluding tert-OH is 1. The van der Waals surface area contributed by atoms with Crippen LogP contribution in [0, 0.1) is 28.6 Å². The van der Waals surface area contributed by atoms with Gasteiger partial charge in [-0.25, -0.2) is 0 Å². The van der Waals surface area contributed by atoms with E-state index < -0.39 is 0 Å². The Bertz CT molecular complexity index is 743. The molecule has 4 fully saturated rings. The Hall–Kier alpha value is -1.20. The first-order valence-corrected chi connectivity index (χ1v) is 11.0. The van der Waals surface area contributed by atoms with Crippen LogP contribution in [0.25, 0.3) is 0 Å². The number of ketones is 1. The topological polar surface area (TPSA) is 72.8 Å². The van der Waals surface area contributed by atoms with E-state index in [1.807, 2.05) is 0 Å². The smallest absolute Gasteiger partial charge is 0.302 e. The highest BCUT2D eigenvalue weighted by Gasteiger charge is 2.70. The number of fused-ring (bicyclic) bond motifs is 1. The molecule has 0 unspecified atom stereocenters. The summed E-state index contributed by atoms with van der Waals surface area (Å²) in [5.41, 5.74) is 1.20. The zero-order valence-electron chi connectivity index (χ0n) is 17.0. The summed E-state index contributed by atoms with van der Waals surface area (Å²) >= 11 is 0. The first kappa shape index (κ1) is 18.8. The van der Waals surface area contributed by atoms with E-state index in [0.29, 0.717) is 11.8 Å². The van der Waals surface area contributed by atoms with Crippen molar-refractivity contribution in [1.29, 1.82) is 0 Å². The molecule has 2 bridgehead atoms. The lowest BCUT2D eigenvalue weighted by molar-refractivity contribution is -0.154. The SMILES string of the molecule is CC(=O)O[C@H]1CC[C@@]23CO[C@]4(CC[C@H]2C1)C1=CC[C@H](C(=O)CO)[C@@]1(C)CC[C@H]34. The van der Waals surface area contributed by atoms with Crippen LogP contribution >= 0.6 is 0 Å². The molecule has 5 nitrogen and oxygen atoms in total. The van der Waals surface area contributed by atoms with Crippen LogP contribution in [0.5, 0.6) is 0 Å². The third-order valence-corrected chi connectivity index (χ3v) is 9.24. The van der Waals surface area contributed by atoms with Gasteiger partial charge < -0.3 is 14.6 Å². The summed E-state index contributed by atoms with van der Waals surface area (Å²) in [5.74, 6) is 0.789. The molecule has 0 aromatic rings. The quantitative estimate of drug-likeness (QED) is 0.594. The van der Waals surface area contributed by atoms with Gasteiger partial charge in [0, 0.05) is 23.7 Å². The molecule has 0 aromatic heterocycles. The number of carbonyl (C=O) groups excluding carboxylic acids is 2. The van der Waals surface area contributed by atoms with Crippen LogP contribution < -0.4 is 0 Å². The Kier molecular flexibility index (Phi) is 4.13. The molecule has 1 spiro atoms. The van der Waals surface area contributed by atoms with E-state index in [9.17, 15) is 14.7 Å². The molecule has 1 saturated heterocycles. The molecule has 5 heteroatoms. The summed E-state index contributed by atoms with van der Waals surface area (Å²) in [7, 11) is 0. The zero-order chi connectivity index (χ0) is 19.7. The number of carbonyl (C=O) groups is 2. The minimum Gasteiger partial charge on any atom is -0.463 e. The predicted molar refractivity (Wildman–Crippen MR) is 102 cm³/mol. The van der Waals surface area contributed by atoms with Crippen molar-refractivity contribution < 1.29 is 24.2 Å². The standard InChI is InChI=1S/C23H32O5/c1-14(25)28-16-6-9-22-13-27-23(10-5-15(22)11-16)19-4-3-17(18(26)12-24)21(19,2)8-7-20(22)23/h4,15-17,20,24H,3,5-13H2,1-2H3/t15-,16-,17+,20+,21+,22+,23+/m0/s1. The van der Waals surface area contributed by atoms with E-state index in [1.54, 1.807) is 0 Å². The van der Waals surface area contributed by atoms with Gasteiger partial charge in [0.05, 0.1) is 12.2 Å². The van der Waals surface area contributed by atoms with Crippen LogP contribution in [0.2, 0.25) is 0 Å². The van der Waals surface area contributed by atoms with E-state index in [2.05, 4.69) is 13.0 Å². The third-order valence-electron chi connectivity index (χ3n) is 9.24. The van der Waals surface area contributed by atoms with Gasteiger partial charge in [0.25, 0.3) is 0 Å². The number of ether oxygens (including phenoxy) is 2. The lowest BCUT2D eigenvalue weighted by atomic mass is 9.45. The van der Waals surface area contributed by atoms with Gasteiger partial charge in [0.15, 0.2) is 5.78 Å². The average Bonchev–Trinajstić information content (AvgIpc) is 3.13. The minimum absolute atomic E-state index is 0.0214. The molecular weight excluding hydrogens is 356 g/mol. The lowest BCUT2D eigenvalue weighted by Gasteiger charge is -2.58. The molecule has 0 radical (unpaired) electrons. The van der Waals surface area contributed by atoms with Crippen LogP contribution in [0.3, 0.4) is 0 Å². The van der Waals surface area contributed by atoms with E-state index in [1.165, 1.54) is 12.5 Å². The van der Waals surface area contributed by atoms with Crippen molar-refractivity contribution in [2.75, 3.05) is 13.2 Å². The zero-order valence-corrected chi connectivity index (χ0v) is 17.0. The maximum atomic E-state index is 12.4. The van der Waals surface area contributed by atoms with Crippen molar-refractivity contribution in [3.05, 3.63) is 11.6 Å². The maximum absolute atomic E-state index is 12.4. The fourth-order valence-electron chi connectivity index (χ4n) is 8.11. The second-order valence-electron chi connectivity index (χ2n) is 10.2. The highest BCUT2D eigenvalue weighted by atomic mass is 16.5. The lowest BCUT2D eigenvalue weighted by Crippen LogP contribution is -2.58. The maximum Gasteiger partial charge on any atom is 0.302 e. The van der Waals surface area contributed by atoms with Gasteiger partial charge >= 0.3 is 5.97 Å². The molecule has 7 atom stereocenters. The summed E-state index contributed by atoms with van der Waals surface area (Å²) in [4.78, 5) is 23.9. The van der Waals surface area contributed by atoms with Crippen LogP contribution in [0.15, 0.2) is 11.6 Å². The second kappa shape index (κ2) is 6.15. The Morgan fingerprint density at radius 3 is 2.82 bits per heavy atom.